The summed E-state index contributed by atoms with van der Waals surface area (Å²) in [6.45, 7) is -0.677. The van der Waals surface area contributed by atoms with Gasteiger partial charge in [0.05, 0.1) is 18.9 Å². The number of nitrogens with zero attached hydrogens (tertiary/aromatic N) is 1. The molecule has 2 N–H and O–H groups in total. The summed E-state index contributed by atoms with van der Waals surface area (Å²) in [5.74, 6) is -0.896. The quantitative estimate of drug-likeness (QED) is 0.782. The Hall–Kier alpha value is -0.870. The molecule has 1 heterocycles. The fraction of sp³-hybridized carbons (Fsp3) is 0.889. The first-order valence-electron chi connectivity index (χ1n) is 5.56. The molecule has 0 radical (unpaired) electrons. The lowest BCUT2D eigenvalue weighted by molar-refractivity contribution is -0.236. The molecule has 0 aliphatic carbocycles. The van der Waals surface area contributed by atoms with Crippen LogP contribution in [0.5, 0.6) is 0 Å². The predicted octanol–water partition coefficient (Wildman–Crippen LogP) is -0.155. The maximum atomic E-state index is 12.4. The van der Waals surface area contributed by atoms with E-state index in [0.29, 0.717) is 0 Å². The molecule has 0 aromatic carbocycles. The van der Waals surface area contributed by atoms with Gasteiger partial charge in [-0.25, -0.2) is 13.6 Å². The lowest BCUT2D eigenvalue weighted by Crippen LogP contribution is -2.51. The van der Waals surface area contributed by atoms with E-state index in [4.69, 9.17) is 5.14 Å². The van der Waals surface area contributed by atoms with E-state index in [2.05, 4.69) is 4.74 Å². The molecular weight excluding hydrogens is 289 g/mol. The van der Waals surface area contributed by atoms with Gasteiger partial charge in [-0.2, -0.15) is 13.2 Å². The number of ether oxygens (including phenoxy) is 1. The van der Waals surface area contributed by atoms with Gasteiger partial charge in [0.15, 0.2) is 6.10 Å². The van der Waals surface area contributed by atoms with Crippen molar-refractivity contribution in [3.05, 3.63) is 0 Å². The Labute approximate surface area is 108 Å². The number of hydrogen-bond donors (Lipinski definition) is 1. The minimum Gasteiger partial charge on any atom is -0.365 e. The number of amides is 1. The highest BCUT2D eigenvalue weighted by Gasteiger charge is 2.44. The van der Waals surface area contributed by atoms with Gasteiger partial charge < -0.3 is 9.64 Å². The monoisotopic (exact) mass is 304 g/mol. The molecule has 1 fully saturated rings. The number of hydrogen-bond acceptors (Lipinski definition) is 4. The molecule has 112 valence electrons. The van der Waals surface area contributed by atoms with E-state index in [1.54, 1.807) is 0 Å². The third kappa shape index (κ3) is 5.74. The van der Waals surface area contributed by atoms with Gasteiger partial charge in [0, 0.05) is 13.0 Å². The molecule has 1 aliphatic heterocycles. The molecule has 0 aromatic rings. The molecule has 1 aliphatic rings. The van der Waals surface area contributed by atoms with Gasteiger partial charge in [-0.1, -0.05) is 0 Å². The number of primary sulfonamides is 1. The summed E-state index contributed by atoms with van der Waals surface area (Å²) < 4.78 is 63.1. The predicted molar refractivity (Wildman–Crippen MR) is 59.6 cm³/mol. The zero-order valence-electron chi connectivity index (χ0n) is 10.0. The second-order valence-corrected chi connectivity index (χ2v) is 5.95. The molecule has 0 aromatic heterocycles. The Morgan fingerprint density at radius 2 is 2.05 bits per heavy atom. The number of sulfonamides is 1. The summed E-state index contributed by atoms with van der Waals surface area (Å²) in [6.07, 6.45) is -6.66. The van der Waals surface area contributed by atoms with Crippen molar-refractivity contribution < 1.29 is 31.1 Å². The Kier molecular flexibility index (Phi) is 5.16. The summed E-state index contributed by atoms with van der Waals surface area (Å²) >= 11 is 0. The van der Waals surface area contributed by atoms with Crippen LogP contribution in [0.2, 0.25) is 0 Å². The summed E-state index contributed by atoms with van der Waals surface area (Å²) in [5.41, 5.74) is 0. The van der Waals surface area contributed by atoms with Crippen LogP contribution in [0.25, 0.3) is 0 Å². The van der Waals surface area contributed by atoms with Gasteiger partial charge in [-0.05, 0) is 6.42 Å². The summed E-state index contributed by atoms with van der Waals surface area (Å²) in [7, 11) is -3.66. The SMILES string of the molecule is NS(=O)(=O)CCCC(=O)N1CCO[C@H](C(F)(F)F)C1. The van der Waals surface area contributed by atoms with E-state index in [0.717, 1.165) is 4.90 Å². The lowest BCUT2D eigenvalue weighted by Gasteiger charge is -2.33. The van der Waals surface area contributed by atoms with Gasteiger partial charge in [-0.15, -0.1) is 0 Å². The fourth-order valence-electron chi connectivity index (χ4n) is 1.66. The second-order valence-electron chi connectivity index (χ2n) is 4.21. The minimum atomic E-state index is -4.51. The van der Waals surface area contributed by atoms with Crippen molar-refractivity contribution in [3.8, 4) is 0 Å². The maximum absolute atomic E-state index is 12.4. The molecule has 1 amide bonds. The van der Waals surface area contributed by atoms with Crippen LogP contribution < -0.4 is 5.14 Å². The Morgan fingerprint density at radius 3 is 2.58 bits per heavy atom. The third-order valence-electron chi connectivity index (χ3n) is 2.60. The lowest BCUT2D eigenvalue weighted by atomic mass is 10.2. The summed E-state index contributed by atoms with van der Waals surface area (Å²) in [6, 6.07) is 0. The fourth-order valence-corrected chi connectivity index (χ4v) is 2.20. The van der Waals surface area contributed by atoms with Crippen molar-refractivity contribution in [2.45, 2.75) is 25.1 Å². The van der Waals surface area contributed by atoms with E-state index < -0.39 is 34.8 Å². The zero-order valence-corrected chi connectivity index (χ0v) is 10.8. The molecule has 1 saturated heterocycles. The van der Waals surface area contributed by atoms with Crippen molar-refractivity contribution in [2.24, 2.45) is 5.14 Å². The number of carbonyl (C=O) groups excluding carboxylic acids is 1. The van der Waals surface area contributed by atoms with Crippen LogP contribution >= 0.6 is 0 Å². The number of halogens is 3. The normalized spacial score (nSPS) is 21.5. The zero-order chi connectivity index (χ0) is 14.7. The van der Waals surface area contributed by atoms with E-state index in [9.17, 15) is 26.4 Å². The summed E-state index contributed by atoms with van der Waals surface area (Å²) in [5, 5.41) is 4.76. The van der Waals surface area contributed by atoms with Crippen molar-refractivity contribution >= 4 is 15.9 Å². The van der Waals surface area contributed by atoms with Crippen LogP contribution in [0, 0.1) is 0 Å². The molecule has 6 nitrogen and oxygen atoms in total. The van der Waals surface area contributed by atoms with Gasteiger partial charge in [-0.3, -0.25) is 4.79 Å². The van der Waals surface area contributed by atoms with E-state index >= 15 is 0 Å². The number of alkyl halides is 3. The molecule has 0 saturated carbocycles. The molecule has 1 rings (SSSR count). The van der Waals surface area contributed by atoms with Crippen LogP contribution in [0.1, 0.15) is 12.8 Å². The van der Waals surface area contributed by atoms with Gasteiger partial charge in [0.2, 0.25) is 15.9 Å². The van der Waals surface area contributed by atoms with Crippen LogP contribution in [0.3, 0.4) is 0 Å². The van der Waals surface area contributed by atoms with E-state index in [-0.39, 0.29) is 31.7 Å². The first kappa shape index (κ1) is 16.2. The van der Waals surface area contributed by atoms with Crippen molar-refractivity contribution in [1.29, 1.82) is 0 Å². The molecule has 0 spiro atoms. The van der Waals surface area contributed by atoms with E-state index in [1.165, 1.54) is 0 Å². The average molecular weight is 304 g/mol. The van der Waals surface area contributed by atoms with Crippen LogP contribution in [-0.4, -0.2) is 57.0 Å². The number of nitrogens with two attached hydrogens (primary N) is 1. The maximum Gasteiger partial charge on any atom is 0.416 e. The first-order valence-corrected chi connectivity index (χ1v) is 7.28. The Bertz CT molecular complexity index is 424. The minimum absolute atomic E-state index is 0.00823. The number of carbonyl (C=O) groups is 1. The number of morpholine rings is 1. The van der Waals surface area contributed by atoms with Gasteiger partial charge >= 0.3 is 6.18 Å². The highest BCUT2D eigenvalue weighted by atomic mass is 32.2. The van der Waals surface area contributed by atoms with Crippen molar-refractivity contribution in [3.63, 3.8) is 0 Å². The van der Waals surface area contributed by atoms with Crippen molar-refractivity contribution in [1.82, 2.24) is 4.90 Å². The second kappa shape index (κ2) is 6.06. The average Bonchev–Trinajstić information content (AvgIpc) is 2.26. The first-order chi connectivity index (χ1) is 8.59. The largest absolute Gasteiger partial charge is 0.416 e. The topological polar surface area (TPSA) is 89.7 Å². The smallest absolute Gasteiger partial charge is 0.365 e. The summed E-state index contributed by atoms with van der Waals surface area (Å²) in [4.78, 5) is 12.7. The van der Waals surface area contributed by atoms with E-state index in [1.807, 2.05) is 0 Å². The molecule has 0 bridgehead atoms. The van der Waals surface area contributed by atoms with Gasteiger partial charge in [0.25, 0.3) is 0 Å². The highest BCUT2D eigenvalue weighted by molar-refractivity contribution is 7.89. The Morgan fingerprint density at radius 1 is 1.42 bits per heavy atom. The molecule has 10 heteroatoms. The highest BCUT2D eigenvalue weighted by Crippen LogP contribution is 2.25. The van der Waals surface area contributed by atoms with Crippen LogP contribution in [0.4, 0.5) is 13.2 Å². The van der Waals surface area contributed by atoms with Crippen molar-refractivity contribution in [2.75, 3.05) is 25.4 Å². The Balaban J connectivity index is 2.44. The molecule has 1 atom stereocenters. The standard InChI is InChI=1S/C9H15F3N2O4S/c10-9(11,12)7-6-14(3-4-18-7)8(15)2-1-5-19(13,16)17/h7H,1-6H2,(H2,13,16,17)/t7-/m0/s1. The molecule has 0 unspecified atom stereocenters. The van der Waals surface area contributed by atoms with Crippen LogP contribution in [-0.2, 0) is 19.6 Å². The molecule has 19 heavy (non-hydrogen) atoms. The third-order valence-corrected chi connectivity index (χ3v) is 3.46. The van der Waals surface area contributed by atoms with Gasteiger partial charge in [0.1, 0.15) is 0 Å². The number of rotatable bonds is 4. The van der Waals surface area contributed by atoms with Crippen LogP contribution in [0.15, 0.2) is 0 Å². The molecular formula is C9H15F3N2O4S.